The lowest BCUT2D eigenvalue weighted by atomic mass is 10.0. The fourth-order valence-corrected chi connectivity index (χ4v) is 4.66. The van der Waals surface area contributed by atoms with E-state index in [9.17, 15) is 0 Å². The van der Waals surface area contributed by atoms with Gasteiger partial charge in [0.25, 0.3) is 0 Å². The zero-order valence-electron chi connectivity index (χ0n) is 14.0. The van der Waals surface area contributed by atoms with Crippen molar-refractivity contribution in [1.29, 1.82) is 0 Å². The summed E-state index contributed by atoms with van der Waals surface area (Å²) >= 11 is 1.57. The van der Waals surface area contributed by atoms with Crippen LogP contribution in [0, 0.1) is 0 Å². The summed E-state index contributed by atoms with van der Waals surface area (Å²) in [6, 6.07) is 0.713. The average molecular weight is 353 g/mol. The fourth-order valence-electron chi connectivity index (χ4n) is 4.08. The third-order valence-electron chi connectivity index (χ3n) is 5.19. The Balaban J connectivity index is 1.70. The molecule has 8 heteroatoms. The van der Waals surface area contributed by atoms with E-state index in [0.717, 1.165) is 28.8 Å². The number of rotatable bonds is 3. The topological polar surface area (TPSA) is 72.6 Å². The van der Waals surface area contributed by atoms with Crippen LogP contribution in [0.25, 0.3) is 16.5 Å². The van der Waals surface area contributed by atoms with E-state index < -0.39 is 0 Å². The zero-order chi connectivity index (χ0) is 16.8. The number of anilines is 1. The van der Waals surface area contributed by atoms with Crippen LogP contribution in [0.5, 0.6) is 0 Å². The van der Waals surface area contributed by atoms with Gasteiger partial charge in [-0.3, -0.25) is 4.57 Å². The molecule has 1 unspecified atom stereocenters. The van der Waals surface area contributed by atoms with Crippen molar-refractivity contribution in [2.45, 2.75) is 51.1 Å². The summed E-state index contributed by atoms with van der Waals surface area (Å²) in [5.74, 6) is 2.68. The zero-order valence-corrected chi connectivity index (χ0v) is 14.9. The second-order valence-electron chi connectivity index (χ2n) is 6.57. The van der Waals surface area contributed by atoms with Crippen LogP contribution in [-0.4, -0.2) is 35.8 Å². The highest BCUT2D eigenvalue weighted by Gasteiger charge is 2.38. The predicted octanol–water partition coefficient (Wildman–Crippen LogP) is 3.39. The van der Waals surface area contributed by atoms with Gasteiger partial charge in [0.15, 0.2) is 22.5 Å². The molecule has 4 heterocycles. The van der Waals surface area contributed by atoms with E-state index in [0.29, 0.717) is 11.9 Å². The molecule has 0 spiro atoms. The minimum atomic E-state index is 0.206. The Morgan fingerprint density at radius 3 is 2.88 bits per heavy atom. The Hall–Kier alpha value is -2.35. The van der Waals surface area contributed by atoms with Gasteiger partial charge in [0.1, 0.15) is 12.0 Å². The minimum absolute atomic E-state index is 0.206. The van der Waals surface area contributed by atoms with E-state index in [4.69, 9.17) is 4.98 Å². The third-order valence-corrected chi connectivity index (χ3v) is 5.96. The van der Waals surface area contributed by atoms with Crippen LogP contribution < -0.4 is 4.90 Å². The first kappa shape index (κ1) is 14.9. The van der Waals surface area contributed by atoms with Gasteiger partial charge >= 0.3 is 0 Å². The van der Waals surface area contributed by atoms with Gasteiger partial charge < -0.3 is 4.90 Å². The number of fused-ring (bicyclic) bond motifs is 3. The maximum absolute atomic E-state index is 4.94. The van der Waals surface area contributed by atoms with Crippen LogP contribution in [0.4, 0.5) is 5.82 Å². The summed E-state index contributed by atoms with van der Waals surface area (Å²) in [5.41, 5.74) is 0.969. The third kappa shape index (κ3) is 2.27. The van der Waals surface area contributed by atoms with E-state index in [1.807, 2.05) is 16.1 Å². The molecule has 25 heavy (non-hydrogen) atoms. The van der Waals surface area contributed by atoms with Gasteiger partial charge in [0.2, 0.25) is 0 Å². The lowest BCUT2D eigenvalue weighted by molar-refractivity contribution is 0.469. The van der Waals surface area contributed by atoms with Crippen molar-refractivity contribution in [3.63, 3.8) is 0 Å². The van der Waals surface area contributed by atoms with E-state index >= 15 is 0 Å². The molecule has 128 valence electrons. The Morgan fingerprint density at radius 2 is 2.12 bits per heavy atom. The molecule has 0 aromatic carbocycles. The molecule has 7 nitrogen and oxygen atoms in total. The van der Waals surface area contributed by atoms with Gasteiger partial charge in [0.05, 0.1) is 12.2 Å². The molecule has 1 atom stereocenters. The molecule has 0 N–H and O–H groups in total. The Morgan fingerprint density at radius 1 is 1.24 bits per heavy atom. The molecule has 3 aromatic heterocycles. The molecule has 0 bridgehead atoms. The molecule has 3 aromatic rings. The van der Waals surface area contributed by atoms with Crippen molar-refractivity contribution < 1.29 is 0 Å². The highest BCUT2D eigenvalue weighted by atomic mass is 32.1. The second kappa shape index (κ2) is 5.87. The van der Waals surface area contributed by atoms with Crippen molar-refractivity contribution >= 4 is 17.2 Å². The van der Waals surface area contributed by atoms with Crippen molar-refractivity contribution in [3.05, 3.63) is 29.9 Å². The van der Waals surface area contributed by atoms with Crippen LogP contribution in [0.3, 0.4) is 0 Å². The van der Waals surface area contributed by atoms with Gasteiger partial charge in [0, 0.05) is 17.6 Å². The molecule has 0 amide bonds. The van der Waals surface area contributed by atoms with E-state index in [2.05, 4.69) is 32.0 Å². The Bertz CT molecular complexity index is 882. The molecule has 1 fully saturated rings. The fraction of sp³-hybridized carbons (Fsp3) is 0.471. The van der Waals surface area contributed by atoms with Gasteiger partial charge in [-0.2, -0.15) is 0 Å². The highest BCUT2D eigenvalue weighted by Crippen LogP contribution is 2.42. The van der Waals surface area contributed by atoms with Crippen LogP contribution in [0.1, 0.15) is 50.9 Å². The summed E-state index contributed by atoms with van der Waals surface area (Å²) in [7, 11) is 0. The highest BCUT2D eigenvalue weighted by molar-refractivity contribution is 7.13. The van der Waals surface area contributed by atoms with Gasteiger partial charge in [-0.05, 0) is 19.3 Å². The molecule has 5 rings (SSSR count). The van der Waals surface area contributed by atoms with E-state index in [1.54, 1.807) is 23.9 Å². The van der Waals surface area contributed by atoms with Crippen LogP contribution in [-0.2, 0) is 0 Å². The smallest absolute Gasteiger partial charge is 0.190 e. The lowest BCUT2D eigenvalue weighted by Gasteiger charge is -2.40. The Labute approximate surface area is 149 Å². The Kier molecular flexibility index (Phi) is 3.51. The van der Waals surface area contributed by atoms with Crippen molar-refractivity contribution in [2.24, 2.45) is 0 Å². The number of thiazole rings is 1. The van der Waals surface area contributed by atoms with Gasteiger partial charge in [-0.25, -0.2) is 15.0 Å². The van der Waals surface area contributed by atoms with Gasteiger partial charge in [-0.15, -0.1) is 21.5 Å². The summed E-state index contributed by atoms with van der Waals surface area (Å²) in [5, 5.41) is 11.4. The van der Waals surface area contributed by atoms with Crippen LogP contribution in [0.15, 0.2) is 24.1 Å². The van der Waals surface area contributed by atoms with E-state index in [1.165, 1.54) is 25.7 Å². The first-order chi connectivity index (χ1) is 12.4. The lowest BCUT2D eigenvalue weighted by Crippen LogP contribution is -2.42. The first-order valence-electron chi connectivity index (χ1n) is 8.82. The largest absolute Gasteiger partial charge is 0.341 e. The molecular weight excluding hydrogens is 334 g/mol. The summed E-state index contributed by atoms with van der Waals surface area (Å²) in [6.45, 7) is 2.21. The number of hydrogen-bond acceptors (Lipinski definition) is 7. The molecule has 1 aliphatic carbocycles. The average Bonchev–Trinajstić information content (AvgIpc) is 3.42. The molecule has 1 aliphatic heterocycles. The quantitative estimate of drug-likeness (QED) is 0.718. The molecule has 1 saturated carbocycles. The van der Waals surface area contributed by atoms with Crippen LogP contribution >= 0.6 is 11.3 Å². The standard InChI is InChI=1S/C17H19N7S/c1-2-12-16-22-20-10-23(16)13-9-19-14(17-18-7-8-25-17)21-15(13)24(12)11-5-3-4-6-11/h7-12H,2-6H2,1H3. The van der Waals surface area contributed by atoms with Crippen molar-refractivity contribution in [2.75, 3.05) is 4.90 Å². The molecule has 2 aliphatic rings. The number of nitrogens with zero attached hydrogens (tertiary/aromatic N) is 7. The normalized spacial score (nSPS) is 19.9. The minimum Gasteiger partial charge on any atom is -0.341 e. The second-order valence-corrected chi connectivity index (χ2v) is 7.46. The number of hydrogen-bond donors (Lipinski definition) is 0. The number of aromatic nitrogens is 6. The van der Waals surface area contributed by atoms with Crippen LogP contribution in [0.2, 0.25) is 0 Å². The van der Waals surface area contributed by atoms with Crippen molar-refractivity contribution in [1.82, 2.24) is 29.7 Å². The van der Waals surface area contributed by atoms with Gasteiger partial charge in [-0.1, -0.05) is 19.8 Å². The monoisotopic (exact) mass is 353 g/mol. The maximum atomic E-state index is 4.94. The van der Waals surface area contributed by atoms with E-state index in [-0.39, 0.29) is 6.04 Å². The maximum Gasteiger partial charge on any atom is 0.190 e. The molecular formula is C17H19N7S. The first-order valence-corrected chi connectivity index (χ1v) is 9.70. The predicted molar refractivity (Wildman–Crippen MR) is 95.8 cm³/mol. The molecule has 0 saturated heterocycles. The van der Waals surface area contributed by atoms with Crippen molar-refractivity contribution in [3.8, 4) is 16.5 Å². The summed E-state index contributed by atoms with van der Waals surface area (Å²) in [4.78, 5) is 16.4. The SMILES string of the molecule is CCC1c2nncn2-c2cnc(-c3nccs3)nc2N1C1CCCC1. The summed E-state index contributed by atoms with van der Waals surface area (Å²) in [6.07, 6.45) is 11.4. The molecule has 0 radical (unpaired) electrons. The summed E-state index contributed by atoms with van der Waals surface area (Å²) < 4.78 is 2.04.